The fourth-order valence-electron chi connectivity index (χ4n) is 3.27. The summed E-state index contributed by atoms with van der Waals surface area (Å²) in [5.41, 5.74) is 4.82. The first-order valence-electron chi connectivity index (χ1n) is 9.75. The fourth-order valence-corrected chi connectivity index (χ4v) is 4.56. The number of sulfonamides is 1. The van der Waals surface area contributed by atoms with E-state index in [4.69, 9.17) is 0 Å². The molecule has 0 radical (unpaired) electrons. The Balaban J connectivity index is 1.49. The predicted octanol–water partition coefficient (Wildman–Crippen LogP) is 5.30. The Morgan fingerprint density at radius 1 is 0.774 bits per heavy atom. The van der Waals surface area contributed by atoms with Gasteiger partial charge in [-0.2, -0.15) is 0 Å². The largest absolute Gasteiger partial charge is 0.340 e. The highest BCUT2D eigenvalue weighted by atomic mass is 32.2. The monoisotopic (exact) mass is 430 g/mol. The van der Waals surface area contributed by atoms with Crippen LogP contribution in [-0.4, -0.2) is 18.4 Å². The van der Waals surface area contributed by atoms with Crippen molar-refractivity contribution in [2.24, 2.45) is 0 Å². The number of benzene rings is 3. The van der Waals surface area contributed by atoms with Gasteiger partial charge in [-0.1, -0.05) is 48.0 Å². The van der Waals surface area contributed by atoms with Crippen molar-refractivity contribution >= 4 is 27.2 Å². The van der Waals surface area contributed by atoms with E-state index < -0.39 is 10.0 Å². The molecule has 0 aliphatic heterocycles. The Kier molecular flexibility index (Phi) is 5.68. The molecule has 4 aromatic rings. The van der Waals surface area contributed by atoms with Gasteiger partial charge in [0.15, 0.2) is 0 Å². The number of hydrogen-bond donors (Lipinski definition) is 2. The number of aryl methyl sites for hydroxylation is 2. The minimum Gasteiger partial charge on any atom is -0.340 e. The number of hydrogen-bond acceptors (Lipinski definition) is 5. The Labute approximate surface area is 182 Å². The first kappa shape index (κ1) is 20.6. The molecule has 0 amide bonds. The summed E-state index contributed by atoms with van der Waals surface area (Å²) in [6, 6.07) is 24.0. The molecule has 0 bridgehead atoms. The third-order valence-electron chi connectivity index (χ3n) is 4.77. The van der Waals surface area contributed by atoms with Gasteiger partial charge in [-0.05, 0) is 49.7 Å². The lowest BCUT2D eigenvalue weighted by molar-refractivity contribution is 0.600. The summed E-state index contributed by atoms with van der Waals surface area (Å²) < 4.78 is 28.1. The van der Waals surface area contributed by atoms with E-state index in [0.29, 0.717) is 17.1 Å². The molecule has 156 valence electrons. The highest BCUT2D eigenvalue weighted by molar-refractivity contribution is 7.92. The molecule has 0 aliphatic rings. The van der Waals surface area contributed by atoms with E-state index in [2.05, 4.69) is 20.0 Å². The number of nitrogens with one attached hydrogen (secondary N) is 2. The second-order valence-electron chi connectivity index (χ2n) is 7.23. The van der Waals surface area contributed by atoms with Crippen LogP contribution in [0.15, 0.2) is 90.1 Å². The van der Waals surface area contributed by atoms with Gasteiger partial charge in [0.05, 0.1) is 10.6 Å². The van der Waals surface area contributed by atoms with E-state index in [-0.39, 0.29) is 4.90 Å². The van der Waals surface area contributed by atoms with Crippen LogP contribution in [0.3, 0.4) is 0 Å². The van der Waals surface area contributed by atoms with E-state index in [1.807, 2.05) is 49.4 Å². The molecule has 0 aliphatic carbocycles. The van der Waals surface area contributed by atoms with Crippen LogP contribution in [0.2, 0.25) is 0 Å². The quantitative estimate of drug-likeness (QED) is 0.433. The van der Waals surface area contributed by atoms with Crippen molar-refractivity contribution in [1.82, 2.24) is 9.97 Å². The summed E-state index contributed by atoms with van der Waals surface area (Å²) >= 11 is 0. The molecule has 0 spiro atoms. The smallest absolute Gasteiger partial charge is 0.262 e. The second-order valence-corrected chi connectivity index (χ2v) is 8.88. The van der Waals surface area contributed by atoms with E-state index in [9.17, 15) is 8.42 Å². The third-order valence-corrected chi connectivity index (χ3v) is 6.31. The molecule has 1 heterocycles. The van der Waals surface area contributed by atoms with Gasteiger partial charge in [-0.3, -0.25) is 4.72 Å². The molecule has 4 rings (SSSR count). The highest BCUT2D eigenvalue weighted by Crippen LogP contribution is 2.24. The van der Waals surface area contributed by atoms with Crippen LogP contribution in [0, 0.1) is 13.8 Å². The summed E-state index contributed by atoms with van der Waals surface area (Å²) in [5.74, 6) is 0.650. The maximum Gasteiger partial charge on any atom is 0.262 e. The van der Waals surface area contributed by atoms with E-state index >= 15 is 0 Å². The predicted molar refractivity (Wildman–Crippen MR) is 124 cm³/mol. The van der Waals surface area contributed by atoms with E-state index in [1.54, 1.807) is 43.3 Å². The van der Waals surface area contributed by atoms with E-state index in [1.165, 1.54) is 6.33 Å². The number of rotatable bonds is 6. The van der Waals surface area contributed by atoms with Crippen LogP contribution >= 0.6 is 0 Å². The molecule has 3 aromatic carbocycles. The van der Waals surface area contributed by atoms with Gasteiger partial charge in [0, 0.05) is 23.0 Å². The molecule has 0 saturated carbocycles. The Morgan fingerprint density at radius 3 is 2.19 bits per heavy atom. The molecule has 2 N–H and O–H groups in total. The zero-order valence-electron chi connectivity index (χ0n) is 17.2. The lowest BCUT2D eigenvalue weighted by Crippen LogP contribution is -2.14. The summed E-state index contributed by atoms with van der Waals surface area (Å²) in [6.07, 6.45) is 1.51. The minimum atomic E-state index is -3.66. The van der Waals surface area contributed by atoms with Gasteiger partial charge in [0.25, 0.3) is 10.0 Å². The summed E-state index contributed by atoms with van der Waals surface area (Å²) in [4.78, 5) is 8.86. The standard InChI is InChI=1S/C24H22N4O2S/c1-17-8-13-23(18(2)14-17)31(29,30)28-21-11-9-20(10-12-21)27-24-15-22(25-16-26-24)19-6-4-3-5-7-19/h3-16,28H,1-2H3,(H,25,26,27). The molecule has 7 heteroatoms. The Morgan fingerprint density at radius 2 is 1.48 bits per heavy atom. The summed E-state index contributed by atoms with van der Waals surface area (Å²) in [6.45, 7) is 3.73. The van der Waals surface area contributed by atoms with Crippen molar-refractivity contribution < 1.29 is 8.42 Å². The van der Waals surface area contributed by atoms with Crippen LogP contribution in [0.5, 0.6) is 0 Å². The summed E-state index contributed by atoms with van der Waals surface area (Å²) in [5, 5.41) is 3.22. The maximum absolute atomic E-state index is 12.7. The average molecular weight is 431 g/mol. The van der Waals surface area contributed by atoms with E-state index in [0.717, 1.165) is 22.5 Å². The van der Waals surface area contributed by atoms with Crippen molar-refractivity contribution in [2.75, 3.05) is 10.0 Å². The zero-order valence-corrected chi connectivity index (χ0v) is 18.0. The molecule has 0 saturated heterocycles. The van der Waals surface area contributed by atoms with Crippen molar-refractivity contribution in [2.45, 2.75) is 18.7 Å². The molecular weight excluding hydrogens is 408 g/mol. The second kappa shape index (κ2) is 8.57. The van der Waals surface area contributed by atoms with Crippen LogP contribution in [0.1, 0.15) is 11.1 Å². The van der Waals surface area contributed by atoms with Crippen LogP contribution < -0.4 is 10.0 Å². The molecule has 0 fully saturated rings. The summed E-state index contributed by atoms with van der Waals surface area (Å²) in [7, 11) is -3.66. The Bertz CT molecular complexity index is 1310. The van der Waals surface area contributed by atoms with Crippen LogP contribution in [0.4, 0.5) is 17.2 Å². The molecule has 0 unspecified atom stereocenters. The first-order chi connectivity index (χ1) is 14.9. The highest BCUT2D eigenvalue weighted by Gasteiger charge is 2.16. The topological polar surface area (TPSA) is 84.0 Å². The van der Waals surface area contributed by atoms with Crippen LogP contribution in [-0.2, 0) is 10.0 Å². The van der Waals surface area contributed by atoms with Crippen molar-refractivity contribution in [3.05, 3.63) is 96.3 Å². The molecule has 31 heavy (non-hydrogen) atoms. The minimum absolute atomic E-state index is 0.273. The Hall–Kier alpha value is -3.71. The van der Waals surface area contributed by atoms with Crippen LogP contribution in [0.25, 0.3) is 11.3 Å². The molecule has 0 atom stereocenters. The van der Waals surface area contributed by atoms with Gasteiger partial charge < -0.3 is 5.32 Å². The van der Waals surface area contributed by atoms with Gasteiger partial charge in [-0.25, -0.2) is 18.4 Å². The lowest BCUT2D eigenvalue weighted by Gasteiger charge is -2.12. The number of aromatic nitrogens is 2. The van der Waals surface area contributed by atoms with Gasteiger partial charge in [0.2, 0.25) is 0 Å². The van der Waals surface area contributed by atoms with Gasteiger partial charge >= 0.3 is 0 Å². The normalized spacial score (nSPS) is 11.2. The molecule has 1 aromatic heterocycles. The van der Waals surface area contributed by atoms with Crippen molar-refractivity contribution in [1.29, 1.82) is 0 Å². The SMILES string of the molecule is Cc1ccc(S(=O)(=O)Nc2ccc(Nc3cc(-c4ccccc4)ncn3)cc2)c(C)c1. The van der Waals surface area contributed by atoms with Crippen molar-refractivity contribution in [3.63, 3.8) is 0 Å². The van der Waals surface area contributed by atoms with Gasteiger partial charge in [0.1, 0.15) is 12.1 Å². The lowest BCUT2D eigenvalue weighted by atomic mass is 10.1. The number of nitrogens with zero attached hydrogens (tertiary/aromatic N) is 2. The number of anilines is 3. The average Bonchev–Trinajstić information content (AvgIpc) is 2.75. The third kappa shape index (κ3) is 4.90. The van der Waals surface area contributed by atoms with Crippen molar-refractivity contribution in [3.8, 4) is 11.3 Å². The molecular formula is C24H22N4O2S. The zero-order chi connectivity index (χ0) is 21.8. The first-order valence-corrected chi connectivity index (χ1v) is 11.2. The maximum atomic E-state index is 12.7. The molecule has 6 nitrogen and oxygen atoms in total. The fraction of sp³-hybridized carbons (Fsp3) is 0.0833. The van der Waals surface area contributed by atoms with Gasteiger partial charge in [-0.15, -0.1) is 0 Å².